The standard InChI is InChI=1S/C42H32N2/c1-3-11-31(12-4-1)33-19-23-35(24-20-33)43(36-25-21-34(22-26-36)32-13-5-2-6-14-32)37-27-29-38(30-28-37)44-41-17-9-7-15-39(41)40-16-8-10-18-42(40)44/h1-7,9-15,17-30H,8,16H2. The summed E-state index contributed by atoms with van der Waals surface area (Å²) in [6.45, 7) is 0. The quantitative estimate of drug-likeness (QED) is 0.195. The Kier molecular flexibility index (Phi) is 6.66. The number of nitrogens with zero attached hydrogens (tertiary/aromatic N) is 2. The van der Waals surface area contributed by atoms with E-state index in [-0.39, 0.29) is 0 Å². The summed E-state index contributed by atoms with van der Waals surface area (Å²) in [6.07, 6.45) is 6.78. The number of allylic oxidation sites excluding steroid dienone is 1. The van der Waals surface area contributed by atoms with Crippen LogP contribution in [-0.4, -0.2) is 4.57 Å². The number of benzene rings is 6. The zero-order valence-electron chi connectivity index (χ0n) is 24.5. The maximum atomic E-state index is 2.41. The maximum absolute atomic E-state index is 2.41. The molecule has 0 fully saturated rings. The summed E-state index contributed by atoms with van der Waals surface area (Å²) in [5.74, 6) is 0. The minimum Gasteiger partial charge on any atom is -0.311 e. The number of anilines is 3. The molecule has 44 heavy (non-hydrogen) atoms. The molecule has 1 aliphatic rings. The highest BCUT2D eigenvalue weighted by molar-refractivity contribution is 5.91. The van der Waals surface area contributed by atoms with Gasteiger partial charge in [0.05, 0.1) is 5.52 Å². The van der Waals surface area contributed by atoms with Crippen molar-refractivity contribution in [3.8, 4) is 27.9 Å². The molecule has 0 amide bonds. The lowest BCUT2D eigenvalue weighted by Crippen LogP contribution is -2.10. The van der Waals surface area contributed by atoms with E-state index in [1.54, 1.807) is 0 Å². The molecule has 1 aromatic heterocycles. The number of para-hydroxylation sites is 1. The molecule has 0 bridgehead atoms. The summed E-state index contributed by atoms with van der Waals surface area (Å²) in [7, 11) is 0. The molecular formula is C42H32N2. The normalized spacial score (nSPS) is 12.3. The fourth-order valence-corrected chi connectivity index (χ4v) is 6.53. The SMILES string of the molecule is C1=Cc2c(c3ccccc3n2-c2ccc(N(c3ccc(-c4ccccc4)cc3)c3ccc(-c4ccccc4)cc3)cc2)CC1. The zero-order chi connectivity index (χ0) is 29.3. The van der Waals surface area contributed by atoms with Crippen molar-refractivity contribution in [1.82, 2.24) is 4.57 Å². The summed E-state index contributed by atoms with van der Waals surface area (Å²) in [5, 5.41) is 1.36. The van der Waals surface area contributed by atoms with Gasteiger partial charge in [0.1, 0.15) is 0 Å². The Morgan fingerprint density at radius 1 is 0.455 bits per heavy atom. The third-order valence-corrected chi connectivity index (χ3v) is 8.69. The molecule has 2 nitrogen and oxygen atoms in total. The largest absolute Gasteiger partial charge is 0.311 e. The molecular weight excluding hydrogens is 532 g/mol. The van der Waals surface area contributed by atoms with Gasteiger partial charge < -0.3 is 9.47 Å². The van der Waals surface area contributed by atoms with Crippen LogP contribution in [0.25, 0.3) is 44.9 Å². The molecule has 0 N–H and O–H groups in total. The van der Waals surface area contributed by atoms with Gasteiger partial charge in [-0.25, -0.2) is 0 Å². The number of aryl methyl sites for hydroxylation is 1. The predicted octanol–water partition coefficient (Wildman–Crippen LogP) is 11.4. The second-order valence-electron chi connectivity index (χ2n) is 11.3. The van der Waals surface area contributed by atoms with Crippen molar-refractivity contribution in [2.24, 2.45) is 0 Å². The monoisotopic (exact) mass is 564 g/mol. The summed E-state index contributed by atoms with van der Waals surface area (Å²) in [6, 6.07) is 56.7. The Labute approximate surface area is 258 Å². The van der Waals surface area contributed by atoms with Crippen LogP contribution in [0, 0.1) is 0 Å². The van der Waals surface area contributed by atoms with Gasteiger partial charge in [-0.1, -0.05) is 109 Å². The van der Waals surface area contributed by atoms with Crippen molar-refractivity contribution < 1.29 is 0 Å². The van der Waals surface area contributed by atoms with Crippen molar-refractivity contribution in [2.75, 3.05) is 4.90 Å². The molecule has 210 valence electrons. The van der Waals surface area contributed by atoms with E-state index >= 15 is 0 Å². The molecule has 7 aromatic rings. The van der Waals surface area contributed by atoms with Crippen LogP contribution in [0.5, 0.6) is 0 Å². The number of hydrogen-bond acceptors (Lipinski definition) is 1. The van der Waals surface area contributed by atoms with Crippen molar-refractivity contribution >= 4 is 34.0 Å². The van der Waals surface area contributed by atoms with Crippen molar-refractivity contribution in [3.63, 3.8) is 0 Å². The second-order valence-corrected chi connectivity index (χ2v) is 11.3. The average Bonchev–Trinajstić information content (AvgIpc) is 3.45. The Balaban J connectivity index is 1.21. The highest BCUT2D eigenvalue weighted by Crippen LogP contribution is 2.39. The number of fused-ring (bicyclic) bond motifs is 3. The van der Waals surface area contributed by atoms with Crippen LogP contribution < -0.4 is 4.90 Å². The summed E-state index contributed by atoms with van der Waals surface area (Å²) in [5.41, 5.74) is 13.4. The molecule has 1 aliphatic carbocycles. The molecule has 2 heteroatoms. The van der Waals surface area contributed by atoms with E-state index in [1.165, 1.54) is 50.1 Å². The smallest absolute Gasteiger partial charge is 0.0537 e. The van der Waals surface area contributed by atoms with E-state index in [1.807, 2.05) is 0 Å². The molecule has 0 aliphatic heterocycles. The second kappa shape index (κ2) is 11.2. The first-order valence-corrected chi connectivity index (χ1v) is 15.3. The van der Waals surface area contributed by atoms with Crippen LogP contribution in [0.2, 0.25) is 0 Å². The topological polar surface area (TPSA) is 8.17 Å². The minimum absolute atomic E-state index is 1.09. The first-order chi connectivity index (χ1) is 21.8. The number of rotatable bonds is 6. The number of aromatic nitrogens is 1. The molecule has 0 atom stereocenters. The first-order valence-electron chi connectivity index (χ1n) is 15.3. The maximum Gasteiger partial charge on any atom is 0.0537 e. The lowest BCUT2D eigenvalue weighted by atomic mass is 10.0. The van der Waals surface area contributed by atoms with Gasteiger partial charge in [0, 0.05) is 33.8 Å². The average molecular weight is 565 g/mol. The molecule has 1 heterocycles. The third kappa shape index (κ3) is 4.71. The molecule has 0 saturated carbocycles. The highest BCUT2D eigenvalue weighted by Gasteiger charge is 2.19. The van der Waals surface area contributed by atoms with Crippen LogP contribution in [0.3, 0.4) is 0 Å². The van der Waals surface area contributed by atoms with Gasteiger partial charge in [0.25, 0.3) is 0 Å². The van der Waals surface area contributed by atoms with Gasteiger partial charge in [-0.15, -0.1) is 0 Å². The highest BCUT2D eigenvalue weighted by atomic mass is 15.1. The van der Waals surface area contributed by atoms with Gasteiger partial charge in [-0.05, 0) is 101 Å². The summed E-state index contributed by atoms with van der Waals surface area (Å²) in [4.78, 5) is 2.34. The van der Waals surface area contributed by atoms with Crippen LogP contribution in [0.1, 0.15) is 17.7 Å². The van der Waals surface area contributed by atoms with E-state index in [9.17, 15) is 0 Å². The van der Waals surface area contributed by atoms with Crippen molar-refractivity contribution in [1.29, 1.82) is 0 Å². The van der Waals surface area contributed by atoms with Crippen LogP contribution in [-0.2, 0) is 6.42 Å². The molecule has 0 radical (unpaired) electrons. The van der Waals surface area contributed by atoms with E-state index in [4.69, 9.17) is 0 Å². The van der Waals surface area contributed by atoms with E-state index in [0.29, 0.717) is 0 Å². The van der Waals surface area contributed by atoms with E-state index in [2.05, 4.69) is 179 Å². The Hall–Kier alpha value is -5.60. The van der Waals surface area contributed by atoms with Crippen molar-refractivity contribution in [2.45, 2.75) is 12.8 Å². The molecule has 6 aromatic carbocycles. The predicted molar refractivity (Wildman–Crippen MR) is 186 cm³/mol. The van der Waals surface area contributed by atoms with Gasteiger partial charge in [-0.2, -0.15) is 0 Å². The lowest BCUT2D eigenvalue weighted by molar-refractivity contribution is 0.967. The number of hydrogen-bond donors (Lipinski definition) is 0. The lowest BCUT2D eigenvalue weighted by Gasteiger charge is -2.26. The van der Waals surface area contributed by atoms with Crippen LogP contribution in [0.15, 0.2) is 164 Å². The fraction of sp³-hybridized carbons (Fsp3) is 0.0476. The van der Waals surface area contributed by atoms with Gasteiger partial charge in [0.15, 0.2) is 0 Å². The molecule has 0 saturated heterocycles. The molecule has 8 rings (SSSR count). The van der Waals surface area contributed by atoms with Crippen LogP contribution in [0.4, 0.5) is 17.1 Å². The first kappa shape index (κ1) is 26.1. The Bertz CT molecular complexity index is 1980. The van der Waals surface area contributed by atoms with Gasteiger partial charge in [-0.3, -0.25) is 0 Å². The van der Waals surface area contributed by atoms with E-state index in [0.717, 1.165) is 29.9 Å². The Morgan fingerprint density at radius 3 is 1.50 bits per heavy atom. The summed E-state index contributed by atoms with van der Waals surface area (Å²) >= 11 is 0. The fourth-order valence-electron chi connectivity index (χ4n) is 6.53. The third-order valence-electron chi connectivity index (χ3n) is 8.69. The van der Waals surface area contributed by atoms with Gasteiger partial charge >= 0.3 is 0 Å². The molecule has 0 spiro atoms. The van der Waals surface area contributed by atoms with Crippen molar-refractivity contribution in [3.05, 3.63) is 175 Å². The Morgan fingerprint density at radius 2 is 0.932 bits per heavy atom. The van der Waals surface area contributed by atoms with Gasteiger partial charge in [0.2, 0.25) is 0 Å². The molecule has 0 unspecified atom stereocenters. The summed E-state index contributed by atoms with van der Waals surface area (Å²) < 4.78 is 2.41. The zero-order valence-corrected chi connectivity index (χ0v) is 24.5. The van der Waals surface area contributed by atoms with Crippen LogP contribution >= 0.6 is 0 Å². The minimum atomic E-state index is 1.09. The van der Waals surface area contributed by atoms with E-state index < -0.39 is 0 Å².